The van der Waals surface area contributed by atoms with Gasteiger partial charge in [-0.15, -0.1) is 0 Å². The van der Waals surface area contributed by atoms with Gasteiger partial charge < -0.3 is 49.8 Å². The van der Waals surface area contributed by atoms with Gasteiger partial charge >= 0.3 is 29.8 Å². The molecule has 6 aromatic carbocycles. The number of carbonyl (C=O) groups is 6. The Labute approximate surface area is 619 Å². The fourth-order valence-electron chi connectivity index (χ4n) is 8.39. The molecule has 0 fully saturated rings. The molecule has 0 bridgehead atoms. The third kappa shape index (κ3) is 28.6. The molecule has 24 heteroatoms. The first-order chi connectivity index (χ1) is 42.7. The number of aromatic hydroxyl groups is 2. The van der Waals surface area contributed by atoms with Crippen LogP contribution in [0.1, 0.15) is 98.4 Å². The lowest BCUT2D eigenvalue weighted by Gasteiger charge is -2.19. The summed E-state index contributed by atoms with van der Waals surface area (Å²) in [5.74, 6) is -0.783. The van der Waals surface area contributed by atoms with Gasteiger partial charge in [-0.05, 0) is 307 Å². The van der Waals surface area contributed by atoms with E-state index in [0.717, 1.165) is 41.4 Å². The first-order valence-electron chi connectivity index (χ1n) is 28.4. The van der Waals surface area contributed by atoms with Gasteiger partial charge in [-0.25, -0.2) is 14.4 Å². The van der Waals surface area contributed by atoms with Crippen LogP contribution in [0.25, 0.3) is 0 Å². The van der Waals surface area contributed by atoms with Crippen molar-refractivity contribution >= 4 is 206 Å². The van der Waals surface area contributed by atoms with Crippen molar-refractivity contribution in [2.24, 2.45) is 0 Å². The van der Waals surface area contributed by atoms with E-state index in [0.29, 0.717) is 79.0 Å². The van der Waals surface area contributed by atoms with Crippen molar-refractivity contribution in [3.05, 3.63) is 175 Å². The number of phenols is 2. The molecule has 482 valence electrons. The second-order valence-electron chi connectivity index (χ2n) is 20.1. The average Bonchev–Trinajstić information content (AvgIpc) is 3.70. The predicted octanol–water partition coefficient (Wildman–Crippen LogP) is 13.8. The summed E-state index contributed by atoms with van der Waals surface area (Å²) < 4.78 is 32.0. The number of hydrogen-bond acceptors (Lipinski definition) is 15. The van der Waals surface area contributed by atoms with Crippen molar-refractivity contribution in [3.8, 4) is 23.0 Å². The molecular weight excluding hydrogens is 1870 g/mol. The summed E-state index contributed by atoms with van der Waals surface area (Å²) in [5, 5.41) is 28.4. The number of benzene rings is 6. The summed E-state index contributed by atoms with van der Waals surface area (Å²) in [6, 6.07) is 31.0. The maximum atomic E-state index is 12.6. The summed E-state index contributed by atoms with van der Waals surface area (Å²) in [6.45, 7) is 13.0. The normalized spacial score (nSPS) is 11.6. The van der Waals surface area contributed by atoms with Crippen molar-refractivity contribution in [1.29, 1.82) is 0 Å². The molecule has 0 heterocycles. The fraction of sp³-hybridized carbons (Fsp3) is 0.333. The van der Waals surface area contributed by atoms with Gasteiger partial charge in [0.15, 0.2) is 0 Å². The van der Waals surface area contributed by atoms with Gasteiger partial charge in [0.2, 0.25) is 5.91 Å². The number of halogens is 6. The largest absolute Gasteiger partial charge is 0.508 e. The van der Waals surface area contributed by atoms with Crippen LogP contribution in [0.5, 0.6) is 23.0 Å². The number of ether oxygens (including phenoxy) is 5. The lowest BCUT2D eigenvalue weighted by atomic mass is 10.0. The molecule has 6 rings (SSSR count). The maximum Gasteiger partial charge on any atom is 0.328 e. The lowest BCUT2D eigenvalue weighted by molar-refractivity contribution is -0.147. The van der Waals surface area contributed by atoms with Gasteiger partial charge in [0, 0.05) is 66.7 Å². The average molecular weight is 1940 g/mol. The van der Waals surface area contributed by atoms with E-state index in [1.807, 2.05) is 24.3 Å². The molecule has 0 saturated heterocycles. The summed E-state index contributed by atoms with van der Waals surface area (Å²) in [5.41, 5.74) is 8.52. The highest BCUT2D eigenvalue weighted by molar-refractivity contribution is 14.1. The van der Waals surface area contributed by atoms with Gasteiger partial charge in [-0.3, -0.25) is 14.4 Å². The van der Waals surface area contributed by atoms with Crippen LogP contribution in [0.2, 0.25) is 0 Å². The van der Waals surface area contributed by atoms with Crippen molar-refractivity contribution in [2.45, 2.75) is 124 Å². The number of esters is 5. The second-order valence-corrected chi connectivity index (χ2v) is 28.1. The molecule has 0 aliphatic rings. The first kappa shape index (κ1) is 78.3. The highest BCUT2D eigenvalue weighted by Gasteiger charge is 2.25. The number of amides is 1. The molecule has 0 saturated carbocycles. The molecule has 0 aromatic heterocycles. The SMILES string of the molecule is CCOC(=O)C(Cc1ccc(O)cc1)NC(=S)CCc1cc(I)c(O)c(I)c1.CCOC(=O)C(Cc1ccc(OC(C)=O)cc1)NC(=O)CCc1cc(I)c(C)c(I)c1.CCOC(=O)C(Cc1ccc(OC(C)=O)cc1)NC(=S)CCc1cc(I)c(C)c(I)c1. The minimum atomic E-state index is -0.787. The molecule has 90 heavy (non-hydrogen) atoms. The second kappa shape index (κ2) is 40.9. The van der Waals surface area contributed by atoms with E-state index in [4.69, 9.17) is 48.1 Å². The van der Waals surface area contributed by atoms with Crippen molar-refractivity contribution in [1.82, 2.24) is 16.0 Å². The smallest absolute Gasteiger partial charge is 0.328 e. The quantitative estimate of drug-likeness (QED) is 0.0112. The van der Waals surface area contributed by atoms with Crippen molar-refractivity contribution < 1.29 is 62.7 Å². The van der Waals surface area contributed by atoms with E-state index in [9.17, 15) is 39.0 Å². The number of rotatable bonds is 26. The fourth-order valence-corrected chi connectivity index (χ4v) is 14.6. The number of carbonyl (C=O) groups excluding carboxylic acids is 6. The standard InChI is InChI=1S/C23H25I2NO5.C23H25I2NO4S.C20H21I2NO4S/c1-4-30-23(29)21(13-16-5-8-18(9-6-16)31-15(3)27)26-22(28)10-7-17-11-19(24)14(2)20(25)12-17;1-4-29-23(28)21(13-16-5-8-18(9-6-16)30-15(3)27)26-22(31)10-7-17-11-19(24)14(2)20(25)12-17;1-2-27-20(26)17(11-12-3-6-14(24)7-4-12)23-18(28)8-5-13-9-15(21)19(25)16(22)10-13/h5-6,8-9,11-12,21H,4,7,10,13H2,1-3H3,(H,26,28);5-6,8-9,11-12,21H,4,7,10,13H2,1-3H3,(H,26,31);3-4,6-7,9-10,17,24-25H,2,5,8,11H2,1H3,(H,23,28). The van der Waals surface area contributed by atoms with E-state index in [2.05, 4.69) is 190 Å². The third-order valence-electron chi connectivity index (χ3n) is 13.0. The predicted molar refractivity (Wildman–Crippen MR) is 407 cm³/mol. The van der Waals surface area contributed by atoms with E-state index in [1.54, 1.807) is 81.4 Å². The zero-order chi connectivity index (χ0) is 66.6. The van der Waals surface area contributed by atoms with Crippen LogP contribution in [0.15, 0.2) is 109 Å². The Hall–Kier alpha value is -4.10. The summed E-state index contributed by atoms with van der Waals surface area (Å²) in [7, 11) is 0. The number of phenolic OH excluding ortho intramolecular Hbond substituents is 2. The van der Waals surface area contributed by atoms with Gasteiger partial charge in [0.25, 0.3) is 0 Å². The molecule has 3 unspecified atom stereocenters. The topological polar surface area (TPSA) is 225 Å². The highest BCUT2D eigenvalue weighted by atomic mass is 127. The summed E-state index contributed by atoms with van der Waals surface area (Å²) >= 11 is 24.5. The van der Waals surface area contributed by atoms with Crippen LogP contribution < -0.4 is 25.4 Å². The molecule has 3 atom stereocenters. The molecule has 5 N–H and O–H groups in total. The van der Waals surface area contributed by atoms with Gasteiger partial charge in [0.05, 0.1) is 36.9 Å². The number of thiocarbonyl (C=S) groups is 2. The molecule has 1 amide bonds. The van der Waals surface area contributed by atoms with Gasteiger partial charge in [-0.1, -0.05) is 60.8 Å². The van der Waals surface area contributed by atoms with Crippen LogP contribution in [-0.4, -0.2) is 93.9 Å². The van der Waals surface area contributed by atoms with E-state index < -0.39 is 30.1 Å². The Balaban J connectivity index is 0.000000289. The Bertz CT molecular complexity index is 3220. The van der Waals surface area contributed by atoms with E-state index in [-0.39, 0.29) is 49.0 Å². The van der Waals surface area contributed by atoms with E-state index in [1.165, 1.54) is 44.8 Å². The molecule has 0 radical (unpaired) electrons. The van der Waals surface area contributed by atoms with Crippen LogP contribution in [0, 0.1) is 35.3 Å². The summed E-state index contributed by atoms with van der Waals surface area (Å²) in [4.78, 5) is 73.1. The number of nitrogens with one attached hydrogen (secondary N) is 3. The first-order valence-corrected chi connectivity index (χ1v) is 35.7. The Kier molecular flexibility index (Phi) is 35.6. The minimum absolute atomic E-state index is 0.179. The van der Waals surface area contributed by atoms with E-state index >= 15 is 0 Å². The van der Waals surface area contributed by atoms with Gasteiger partial charge in [0.1, 0.15) is 41.1 Å². The molecule has 0 aliphatic heterocycles. The van der Waals surface area contributed by atoms with Crippen LogP contribution in [0.4, 0.5) is 0 Å². The molecule has 16 nitrogen and oxygen atoms in total. The molecule has 0 aliphatic carbocycles. The number of hydrogen-bond donors (Lipinski definition) is 5. The molecular formula is C66H71I6N3O13S2. The third-order valence-corrected chi connectivity index (χ3v) is 19.8. The molecule has 0 spiro atoms. The zero-order valence-corrected chi connectivity index (χ0v) is 65.2. The van der Waals surface area contributed by atoms with Crippen molar-refractivity contribution in [3.63, 3.8) is 0 Å². The maximum absolute atomic E-state index is 12.6. The Morgan fingerprint density at radius 2 is 0.722 bits per heavy atom. The summed E-state index contributed by atoms with van der Waals surface area (Å²) in [6.07, 6.45) is 4.70. The lowest BCUT2D eigenvalue weighted by Crippen LogP contribution is -2.43. The van der Waals surface area contributed by atoms with Crippen LogP contribution in [-0.2, 0) is 81.5 Å². The number of aryl methyl sites for hydroxylation is 3. The monoisotopic (exact) mass is 1940 g/mol. The Morgan fingerprint density at radius 1 is 0.433 bits per heavy atom. The Morgan fingerprint density at radius 3 is 1.03 bits per heavy atom. The van der Waals surface area contributed by atoms with Gasteiger partial charge in [-0.2, -0.15) is 0 Å². The highest BCUT2D eigenvalue weighted by Crippen LogP contribution is 2.29. The zero-order valence-electron chi connectivity index (χ0n) is 50.6. The molecule has 6 aromatic rings. The van der Waals surface area contributed by atoms with Crippen LogP contribution in [0.3, 0.4) is 0 Å². The van der Waals surface area contributed by atoms with Crippen LogP contribution >= 0.6 is 160 Å². The minimum Gasteiger partial charge on any atom is -0.508 e. The van der Waals surface area contributed by atoms with Crippen molar-refractivity contribution in [2.75, 3.05) is 19.8 Å².